The van der Waals surface area contributed by atoms with Gasteiger partial charge in [0.2, 0.25) is 0 Å². The first-order valence-electron chi connectivity index (χ1n) is 12.4. The Labute approximate surface area is 204 Å². The summed E-state index contributed by atoms with van der Waals surface area (Å²) in [4.78, 5) is 25.5. The van der Waals surface area contributed by atoms with Gasteiger partial charge in [-0.1, -0.05) is 99.5 Å². The number of benzene rings is 3. The van der Waals surface area contributed by atoms with Crippen LogP contribution < -0.4 is 0 Å². The topological polar surface area (TPSA) is 34.1 Å². The lowest BCUT2D eigenvalue weighted by atomic mass is 9.94. The molecule has 0 aliphatic carbocycles. The van der Waals surface area contributed by atoms with E-state index in [-0.39, 0.29) is 11.6 Å². The SMILES string of the molecule is CCCc1ccc(C(=O)Cc2ccc(CC(=O)/C(C)=C(\C)c3ccc(CCC)cc3)cc2)cc1. The van der Waals surface area contributed by atoms with Crippen molar-refractivity contribution in [1.29, 1.82) is 0 Å². The van der Waals surface area contributed by atoms with Gasteiger partial charge in [-0.3, -0.25) is 9.59 Å². The third kappa shape index (κ3) is 6.87. The van der Waals surface area contributed by atoms with E-state index in [1.165, 1.54) is 11.1 Å². The van der Waals surface area contributed by atoms with E-state index in [0.717, 1.165) is 59.1 Å². The summed E-state index contributed by atoms with van der Waals surface area (Å²) in [6.07, 6.45) is 5.08. The first kappa shape index (κ1) is 25.4. The molecular weight excluding hydrogens is 416 g/mol. The molecule has 34 heavy (non-hydrogen) atoms. The molecule has 0 unspecified atom stereocenters. The standard InChI is InChI=1S/C32H36O2/c1-5-7-25-13-17-29(18-14-25)23(3)24(4)31(33)21-27-9-11-28(12-10-27)22-32(34)30-19-15-26(8-6-2)16-20-30/h9-20H,5-8,21-22H2,1-4H3/b24-23+. The highest BCUT2D eigenvalue weighted by Gasteiger charge is 2.12. The van der Waals surface area contributed by atoms with Crippen LogP contribution in [0.3, 0.4) is 0 Å². The van der Waals surface area contributed by atoms with Gasteiger partial charge in [-0.15, -0.1) is 0 Å². The van der Waals surface area contributed by atoms with Crippen molar-refractivity contribution in [2.45, 2.75) is 66.2 Å². The van der Waals surface area contributed by atoms with Crippen molar-refractivity contribution in [1.82, 2.24) is 0 Å². The predicted octanol–water partition coefficient (Wildman–Crippen LogP) is 7.62. The minimum atomic E-state index is 0.117. The number of rotatable bonds is 11. The van der Waals surface area contributed by atoms with Gasteiger partial charge in [0.25, 0.3) is 0 Å². The molecule has 2 nitrogen and oxygen atoms in total. The minimum Gasteiger partial charge on any atom is -0.294 e. The van der Waals surface area contributed by atoms with E-state index in [2.05, 4.69) is 38.1 Å². The second-order valence-corrected chi connectivity index (χ2v) is 9.16. The Kier molecular flexibility index (Phi) is 9.16. The van der Waals surface area contributed by atoms with Gasteiger partial charge in [-0.25, -0.2) is 0 Å². The number of aryl methyl sites for hydroxylation is 2. The summed E-state index contributed by atoms with van der Waals surface area (Å²) in [7, 11) is 0. The summed E-state index contributed by atoms with van der Waals surface area (Å²) in [5.41, 5.74) is 8.20. The van der Waals surface area contributed by atoms with Gasteiger partial charge in [-0.2, -0.15) is 0 Å². The zero-order valence-corrected chi connectivity index (χ0v) is 21.0. The second kappa shape index (κ2) is 12.3. The van der Waals surface area contributed by atoms with Crippen LogP contribution in [0.1, 0.15) is 78.7 Å². The average molecular weight is 453 g/mol. The van der Waals surface area contributed by atoms with Crippen molar-refractivity contribution >= 4 is 17.1 Å². The Bertz CT molecular complexity index is 1130. The minimum absolute atomic E-state index is 0.117. The van der Waals surface area contributed by atoms with Gasteiger partial charge in [0.05, 0.1) is 0 Å². The number of hydrogen-bond donors (Lipinski definition) is 0. The van der Waals surface area contributed by atoms with Crippen LogP contribution in [0, 0.1) is 0 Å². The molecule has 0 saturated heterocycles. The van der Waals surface area contributed by atoms with Gasteiger partial charge >= 0.3 is 0 Å². The van der Waals surface area contributed by atoms with Crippen molar-refractivity contribution in [2.75, 3.05) is 0 Å². The summed E-state index contributed by atoms with van der Waals surface area (Å²) in [6, 6.07) is 24.3. The van der Waals surface area contributed by atoms with Gasteiger partial charge in [0.1, 0.15) is 0 Å². The molecule has 3 aromatic carbocycles. The fourth-order valence-electron chi connectivity index (χ4n) is 4.16. The quantitative estimate of drug-likeness (QED) is 0.221. The summed E-state index contributed by atoms with van der Waals surface area (Å²) in [6.45, 7) is 8.27. The van der Waals surface area contributed by atoms with Crippen LogP contribution >= 0.6 is 0 Å². The van der Waals surface area contributed by atoms with Crippen molar-refractivity contribution in [3.63, 3.8) is 0 Å². The summed E-state index contributed by atoms with van der Waals surface area (Å²) < 4.78 is 0. The third-order valence-corrected chi connectivity index (χ3v) is 6.47. The van der Waals surface area contributed by atoms with Gasteiger partial charge in [0.15, 0.2) is 11.6 Å². The maximum atomic E-state index is 12.9. The average Bonchev–Trinajstić information content (AvgIpc) is 2.85. The lowest BCUT2D eigenvalue weighted by Gasteiger charge is -2.09. The molecule has 0 heterocycles. The number of Topliss-reactive ketones (excluding diaryl/α,β-unsaturated/α-hetero) is 2. The maximum absolute atomic E-state index is 12.9. The lowest BCUT2D eigenvalue weighted by Crippen LogP contribution is -2.07. The summed E-state index contributed by atoms with van der Waals surface area (Å²) in [5.74, 6) is 0.248. The molecule has 0 fully saturated rings. The predicted molar refractivity (Wildman–Crippen MR) is 142 cm³/mol. The van der Waals surface area contributed by atoms with E-state index in [9.17, 15) is 9.59 Å². The number of ketones is 2. The van der Waals surface area contributed by atoms with E-state index in [1.807, 2.05) is 62.4 Å². The Morgan fingerprint density at radius 2 is 0.971 bits per heavy atom. The molecule has 2 heteroatoms. The number of carbonyl (C=O) groups is 2. The van der Waals surface area contributed by atoms with Crippen LogP contribution in [0.15, 0.2) is 78.4 Å². The monoisotopic (exact) mass is 452 g/mol. The van der Waals surface area contributed by atoms with Gasteiger partial charge in [-0.05, 0) is 65.7 Å². The number of hydrogen-bond acceptors (Lipinski definition) is 2. The summed E-state index contributed by atoms with van der Waals surface area (Å²) in [5, 5.41) is 0. The van der Waals surface area contributed by atoms with Gasteiger partial charge < -0.3 is 0 Å². The zero-order chi connectivity index (χ0) is 24.5. The molecule has 0 aromatic heterocycles. The highest BCUT2D eigenvalue weighted by molar-refractivity contribution is 6.02. The van der Waals surface area contributed by atoms with Crippen LogP contribution in [0.5, 0.6) is 0 Å². The van der Waals surface area contributed by atoms with Crippen LogP contribution in [0.4, 0.5) is 0 Å². The smallest absolute Gasteiger partial charge is 0.167 e. The molecule has 0 atom stereocenters. The molecule has 0 amide bonds. The Morgan fingerprint density at radius 1 is 0.559 bits per heavy atom. The first-order chi connectivity index (χ1) is 16.4. The van der Waals surface area contributed by atoms with Crippen LogP contribution in [0.25, 0.3) is 5.57 Å². The molecule has 0 aliphatic rings. The molecule has 0 bridgehead atoms. The largest absolute Gasteiger partial charge is 0.294 e. The van der Waals surface area contributed by atoms with Crippen LogP contribution in [-0.4, -0.2) is 11.6 Å². The van der Waals surface area contributed by atoms with Gasteiger partial charge in [0, 0.05) is 18.4 Å². The fourth-order valence-corrected chi connectivity index (χ4v) is 4.16. The van der Waals surface area contributed by atoms with Crippen molar-refractivity contribution in [3.05, 3.63) is 112 Å². The second-order valence-electron chi connectivity index (χ2n) is 9.16. The zero-order valence-electron chi connectivity index (χ0n) is 21.0. The lowest BCUT2D eigenvalue weighted by molar-refractivity contribution is -0.114. The van der Waals surface area contributed by atoms with Crippen LogP contribution in [0.2, 0.25) is 0 Å². The Balaban J connectivity index is 1.61. The molecule has 0 saturated carbocycles. The van der Waals surface area contributed by atoms with E-state index in [1.54, 1.807) is 0 Å². The molecule has 0 spiro atoms. The third-order valence-electron chi connectivity index (χ3n) is 6.47. The Hall–Kier alpha value is -3.26. The molecule has 176 valence electrons. The highest BCUT2D eigenvalue weighted by atomic mass is 16.1. The van der Waals surface area contributed by atoms with E-state index < -0.39 is 0 Å². The first-order valence-corrected chi connectivity index (χ1v) is 12.4. The van der Waals surface area contributed by atoms with E-state index in [4.69, 9.17) is 0 Å². The van der Waals surface area contributed by atoms with E-state index >= 15 is 0 Å². The molecule has 3 aromatic rings. The normalized spacial score (nSPS) is 11.8. The fraction of sp³-hybridized carbons (Fsp3) is 0.312. The highest BCUT2D eigenvalue weighted by Crippen LogP contribution is 2.21. The molecule has 0 aliphatic heterocycles. The maximum Gasteiger partial charge on any atom is 0.167 e. The summed E-state index contributed by atoms with van der Waals surface area (Å²) >= 11 is 0. The number of allylic oxidation sites excluding steroid dienone is 2. The molecular formula is C32H36O2. The van der Waals surface area contributed by atoms with Crippen LogP contribution in [-0.2, 0) is 30.5 Å². The van der Waals surface area contributed by atoms with Crippen molar-refractivity contribution in [2.24, 2.45) is 0 Å². The van der Waals surface area contributed by atoms with E-state index in [0.29, 0.717) is 12.8 Å². The molecule has 3 rings (SSSR count). The van der Waals surface area contributed by atoms with Crippen molar-refractivity contribution < 1.29 is 9.59 Å². The van der Waals surface area contributed by atoms with Crippen molar-refractivity contribution in [3.8, 4) is 0 Å². The molecule has 0 N–H and O–H groups in total. The Morgan fingerprint density at radius 3 is 1.44 bits per heavy atom. The number of carbonyl (C=O) groups excluding carboxylic acids is 2. The molecule has 0 radical (unpaired) electrons.